The van der Waals surface area contributed by atoms with Crippen LogP contribution in [0.25, 0.3) is 0 Å². The molecule has 0 aliphatic carbocycles. The molecule has 1 amide bonds. The van der Waals surface area contributed by atoms with Crippen LogP contribution < -0.4 is 4.74 Å². The van der Waals surface area contributed by atoms with Gasteiger partial charge in [0.05, 0.1) is 19.6 Å². The number of hydrogen-bond acceptors (Lipinski definition) is 4. The first kappa shape index (κ1) is 18.2. The second kappa shape index (κ2) is 8.68. The molecule has 2 saturated heterocycles. The van der Waals surface area contributed by atoms with E-state index in [2.05, 4.69) is 4.90 Å². The summed E-state index contributed by atoms with van der Waals surface area (Å²) in [5.41, 5.74) is 1.05. The van der Waals surface area contributed by atoms with Crippen LogP contribution >= 0.6 is 0 Å². The first-order chi connectivity index (χ1) is 12.2. The Kier molecular flexibility index (Phi) is 6.32. The highest BCUT2D eigenvalue weighted by molar-refractivity contribution is 5.78. The van der Waals surface area contributed by atoms with E-state index in [1.54, 1.807) is 7.11 Å². The zero-order valence-electron chi connectivity index (χ0n) is 15.4. The number of carbonyl (C=O) groups excluding carboxylic acids is 1. The van der Waals surface area contributed by atoms with Crippen LogP contribution in [0.1, 0.15) is 31.2 Å². The Morgan fingerprint density at radius 3 is 2.20 bits per heavy atom. The Labute approximate surface area is 150 Å². The molecule has 2 heterocycles. The molecular formula is C20H30N2O3. The molecular weight excluding hydrogens is 316 g/mol. The van der Waals surface area contributed by atoms with Crippen LogP contribution in [-0.4, -0.2) is 68.3 Å². The molecule has 2 fully saturated rings. The fourth-order valence-corrected chi connectivity index (χ4v) is 3.99. The van der Waals surface area contributed by atoms with E-state index in [0.717, 1.165) is 63.2 Å². The topological polar surface area (TPSA) is 42.0 Å². The van der Waals surface area contributed by atoms with Crippen molar-refractivity contribution in [3.63, 3.8) is 0 Å². The van der Waals surface area contributed by atoms with E-state index in [4.69, 9.17) is 9.47 Å². The highest BCUT2D eigenvalue weighted by Crippen LogP contribution is 2.22. The summed E-state index contributed by atoms with van der Waals surface area (Å²) in [4.78, 5) is 17.2. The van der Waals surface area contributed by atoms with Gasteiger partial charge in [-0.1, -0.05) is 12.1 Å². The van der Waals surface area contributed by atoms with Gasteiger partial charge in [0.15, 0.2) is 0 Å². The van der Waals surface area contributed by atoms with Crippen LogP contribution in [0, 0.1) is 0 Å². The van der Waals surface area contributed by atoms with Crippen molar-refractivity contribution in [2.75, 3.05) is 40.4 Å². The van der Waals surface area contributed by atoms with Crippen molar-refractivity contribution in [1.29, 1.82) is 0 Å². The van der Waals surface area contributed by atoms with Crippen molar-refractivity contribution < 1.29 is 14.3 Å². The van der Waals surface area contributed by atoms with E-state index in [0.29, 0.717) is 18.6 Å². The maximum atomic E-state index is 12.6. The smallest absolute Gasteiger partial charge is 0.226 e. The number of methoxy groups -OCH3 is 2. The highest BCUT2D eigenvalue weighted by Gasteiger charge is 2.29. The Balaban J connectivity index is 1.44. The molecule has 1 aromatic carbocycles. The Bertz CT molecular complexity index is 545. The quantitative estimate of drug-likeness (QED) is 0.821. The van der Waals surface area contributed by atoms with E-state index < -0.39 is 0 Å². The number of carbonyl (C=O) groups is 1. The summed E-state index contributed by atoms with van der Waals surface area (Å²) in [6.45, 7) is 4.01. The van der Waals surface area contributed by atoms with Crippen LogP contribution in [0.3, 0.4) is 0 Å². The van der Waals surface area contributed by atoms with Gasteiger partial charge in [-0.15, -0.1) is 0 Å². The van der Waals surface area contributed by atoms with Gasteiger partial charge < -0.3 is 19.3 Å². The zero-order valence-corrected chi connectivity index (χ0v) is 15.4. The summed E-state index contributed by atoms with van der Waals surface area (Å²) in [6, 6.07) is 8.41. The average molecular weight is 346 g/mol. The van der Waals surface area contributed by atoms with E-state index in [1.807, 2.05) is 36.3 Å². The first-order valence-corrected chi connectivity index (χ1v) is 9.37. The second-order valence-electron chi connectivity index (χ2n) is 7.11. The van der Waals surface area contributed by atoms with Crippen LogP contribution in [0.2, 0.25) is 0 Å². The third kappa shape index (κ3) is 4.73. The molecule has 0 atom stereocenters. The van der Waals surface area contributed by atoms with Gasteiger partial charge in [0, 0.05) is 39.3 Å². The van der Waals surface area contributed by atoms with Gasteiger partial charge in [0.1, 0.15) is 5.75 Å². The number of ether oxygens (including phenoxy) is 2. The SMILES string of the molecule is COc1ccc(CC(=O)N2CCC(N3CCC(OC)CC3)CC2)cc1. The lowest BCUT2D eigenvalue weighted by atomic mass is 9.98. The third-order valence-corrected chi connectivity index (χ3v) is 5.66. The molecule has 2 aliphatic heterocycles. The number of amides is 1. The van der Waals surface area contributed by atoms with Gasteiger partial charge in [-0.3, -0.25) is 4.79 Å². The fourth-order valence-electron chi connectivity index (χ4n) is 3.99. The molecule has 5 heteroatoms. The van der Waals surface area contributed by atoms with Crippen molar-refractivity contribution in [3.8, 4) is 5.75 Å². The summed E-state index contributed by atoms with van der Waals surface area (Å²) in [5.74, 6) is 1.07. The minimum absolute atomic E-state index is 0.238. The lowest BCUT2D eigenvalue weighted by Crippen LogP contribution is -2.50. The normalized spacial score (nSPS) is 20.6. The molecule has 0 spiro atoms. The van der Waals surface area contributed by atoms with E-state index in [1.165, 1.54) is 0 Å². The maximum absolute atomic E-state index is 12.6. The van der Waals surface area contributed by atoms with E-state index in [9.17, 15) is 4.79 Å². The van der Waals surface area contributed by atoms with Crippen molar-refractivity contribution in [2.45, 2.75) is 44.2 Å². The van der Waals surface area contributed by atoms with Crippen molar-refractivity contribution in [3.05, 3.63) is 29.8 Å². The van der Waals surface area contributed by atoms with Gasteiger partial charge in [0.2, 0.25) is 5.91 Å². The van der Waals surface area contributed by atoms with Crippen molar-refractivity contribution >= 4 is 5.91 Å². The lowest BCUT2D eigenvalue weighted by molar-refractivity contribution is -0.132. The summed E-state index contributed by atoms with van der Waals surface area (Å²) in [7, 11) is 3.47. The van der Waals surface area contributed by atoms with Crippen LogP contribution in [0.4, 0.5) is 0 Å². The lowest BCUT2D eigenvalue weighted by Gasteiger charge is -2.41. The molecule has 0 saturated carbocycles. The minimum atomic E-state index is 0.238. The largest absolute Gasteiger partial charge is 0.497 e. The zero-order chi connectivity index (χ0) is 17.6. The molecule has 0 unspecified atom stereocenters. The molecule has 0 N–H and O–H groups in total. The fraction of sp³-hybridized carbons (Fsp3) is 0.650. The summed E-state index contributed by atoms with van der Waals surface area (Å²) < 4.78 is 10.6. The predicted molar refractivity (Wildman–Crippen MR) is 97.9 cm³/mol. The molecule has 138 valence electrons. The minimum Gasteiger partial charge on any atom is -0.497 e. The predicted octanol–water partition coefficient (Wildman–Crippen LogP) is 2.34. The molecule has 25 heavy (non-hydrogen) atoms. The number of rotatable bonds is 5. The number of benzene rings is 1. The van der Waals surface area contributed by atoms with Crippen molar-refractivity contribution in [1.82, 2.24) is 9.80 Å². The maximum Gasteiger partial charge on any atom is 0.226 e. The molecule has 1 aromatic rings. The van der Waals surface area contributed by atoms with Gasteiger partial charge in [-0.05, 0) is 43.4 Å². The van der Waals surface area contributed by atoms with E-state index in [-0.39, 0.29) is 5.91 Å². The summed E-state index contributed by atoms with van der Waals surface area (Å²) in [6.07, 6.45) is 5.36. The van der Waals surface area contributed by atoms with Gasteiger partial charge in [-0.25, -0.2) is 0 Å². The molecule has 5 nitrogen and oxygen atoms in total. The van der Waals surface area contributed by atoms with Gasteiger partial charge in [0.25, 0.3) is 0 Å². The van der Waals surface area contributed by atoms with Gasteiger partial charge >= 0.3 is 0 Å². The molecule has 0 aromatic heterocycles. The molecule has 0 bridgehead atoms. The molecule has 2 aliphatic rings. The van der Waals surface area contributed by atoms with Gasteiger partial charge in [-0.2, -0.15) is 0 Å². The molecule has 0 radical (unpaired) electrons. The van der Waals surface area contributed by atoms with Crippen LogP contribution in [-0.2, 0) is 16.0 Å². The monoisotopic (exact) mass is 346 g/mol. The Morgan fingerprint density at radius 1 is 1.00 bits per heavy atom. The molecule has 3 rings (SSSR count). The van der Waals surface area contributed by atoms with Crippen molar-refractivity contribution in [2.24, 2.45) is 0 Å². The second-order valence-corrected chi connectivity index (χ2v) is 7.11. The number of hydrogen-bond donors (Lipinski definition) is 0. The van der Waals surface area contributed by atoms with Crippen LogP contribution in [0.15, 0.2) is 24.3 Å². The average Bonchev–Trinajstić information content (AvgIpc) is 2.69. The number of piperidine rings is 2. The van der Waals surface area contributed by atoms with Crippen LogP contribution in [0.5, 0.6) is 5.75 Å². The number of likely N-dealkylation sites (tertiary alicyclic amines) is 2. The highest BCUT2D eigenvalue weighted by atomic mass is 16.5. The number of nitrogens with zero attached hydrogens (tertiary/aromatic N) is 2. The standard InChI is InChI=1S/C20H30N2O3/c1-24-18-5-3-16(4-6-18)15-20(23)22-11-7-17(8-12-22)21-13-9-19(25-2)10-14-21/h3-6,17,19H,7-15H2,1-2H3. The first-order valence-electron chi connectivity index (χ1n) is 9.37. The Morgan fingerprint density at radius 2 is 1.64 bits per heavy atom. The van der Waals surface area contributed by atoms with E-state index >= 15 is 0 Å². The third-order valence-electron chi connectivity index (χ3n) is 5.66. The summed E-state index contributed by atoms with van der Waals surface area (Å²) >= 11 is 0. The Hall–Kier alpha value is -1.59. The summed E-state index contributed by atoms with van der Waals surface area (Å²) in [5, 5.41) is 0.